The molecule has 1 saturated heterocycles. The molecule has 0 spiro atoms. The van der Waals surface area contributed by atoms with E-state index < -0.39 is 0 Å². The molecule has 0 unspecified atom stereocenters. The SMILES string of the molecule is Cn1nnnc1SCCNC(=O)N1CCC[C@H](c2nc3ccccc3o2)C1. The number of likely N-dealkylation sites (tertiary alicyclic amines) is 1. The van der Waals surface area contributed by atoms with Crippen molar-refractivity contribution in [2.75, 3.05) is 25.4 Å². The zero-order chi connectivity index (χ0) is 18.6. The number of thioether (sulfide) groups is 1. The van der Waals surface area contributed by atoms with Crippen LogP contribution < -0.4 is 5.32 Å². The van der Waals surface area contributed by atoms with E-state index in [2.05, 4.69) is 25.8 Å². The van der Waals surface area contributed by atoms with Crippen molar-refractivity contribution in [3.8, 4) is 0 Å². The third-order valence-electron chi connectivity index (χ3n) is 4.56. The lowest BCUT2D eigenvalue weighted by atomic mass is 9.98. The highest BCUT2D eigenvalue weighted by atomic mass is 32.2. The van der Waals surface area contributed by atoms with Crippen LogP contribution in [0.2, 0.25) is 0 Å². The van der Waals surface area contributed by atoms with E-state index in [0.717, 1.165) is 41.5 Å². The van der Waals surface area contributed by atoms with Crippen LogP contribution >= 0.6 is 11.8 Å². The molecule has 1 aliphatic rings. The average Bonchev–Trinajstić information content (AvgIpc) is 3.31. The molecule has 27 heavy (non-hydrogen) atoms. The van der Waals surface area contributed by atoms with Crippen LogP contribution in [-0.4, -0.2) is 61.5 Å². The highest BCUT2D eigenvalue weighted by Crippen LogP contribution is 2.28. The maximum Gasteiger partial charge on any atom is 0.317 e. The van der Waals surface area contributed by atoms with Crippen molar-refractivity contribution < 1.29 is 9.21 Å². The van der Waals surface area contributed by atoms with Crippen LogP contribution in [0.5, 0.6) is 0 Å². The Hall–Kier alpha value is -2.62. The quantitative estimate of drug-likeness (QED) is 0.528. The molecule has 0 aliphatic carbocycles. The second-order valence-corrected chi connectivity index (χ2v) is 7.53. The van der Waals surface area contributed by atoms with Crippen LogP contribution in [0.15, 0.2) is 33.8 Å². The van der Waals surface area contributed by atoms with E-state index >= 15 is 0 Å². The average molecular weight is 387 g/mol. The standard InChI is InChI=1S/C17H21N7O2S/c1-23-17(20-21-22-23)27-10-8-18-16(25)24-9-4-5-12(11-24)15-19-13-6-2-3-7-14(13)26-15/h2-3,6-7,12H,4-5,8-11H2,1H3,(H,18,25)/t12-/m0/s1. The molecular weight excluding hydrogens is 366 g/mol. The number of urea groups is 1. The number of aromatic nitrogens is 5. The topological polar surface area (TPSA) is 102 Å². The number of aryl methyl sites for hydroxylation is 1. The summed E-state index contributed by atoms with van der Waals surface area (Å²) in [4.78, 5) is 18.9. The van der Waals surface area contributed by atoms with E-state index in [9.17, 15) is 4.79 Å². The third kappa shape index (κ3) is 4.05. The summed E-state index contributed by atoms with van der Waals surface area (Å²) in [5, 5.41) is 15.0. The van der Waals surface area contributed by atoms with E-state index in [-0.39, 0.29) is 11.9 Å². The molecule has 4 rings (SSSR count). The van der Waals surface area contributed by atoms with Gasteiger partial charge in [0, 0.05) is 32.4 Å². The van der Waals surface area contributed by atoms with Crippen molar-refractivity contribution in [2.45, 2.75) is 23.9 Å². The summed E-state index contributed by atoms with van der Waals surface area (Å²) in [5.41, 5.74) is 1.66. The lowest BCUT2D eigenvalue weighted by Gasteiger charge is -2.31. The van der Waals surface area contributed by atoms with Crippen LogP contribution in [-0.2, 0) is 7.05 Å². The van der Waals surface area contributed by atoms with Crippen molar-refractivity contribution in [1.82, 2.24) is 35.4 Å². The summed E-state index contributed by atoms with van der Waals surface area (Å²) >= 11 is 1.51. The number of fused-ring (bicyclic) bond motifs is 1. The van der Waals surface area contributed by atoms with E-state index in [1.54, 1.807) is 11.7 Å². The summed E-state index contributed by atoms with van der Waals surface area (Å²) in [6, 6.07) is 7.70. The predicted molar refractivity (Wildman–Crippen MR) is 100 cm³/mol. The Labute approximate surface area is 160 Å². The highest BCUT2D eigenvalue weighted by molar-refractivity contribution is 7.99. The summed E-state index contributed by atoms with van der Waals surface area (Å²) < 4.78 is 7.51. The van der Waals surface area contributed by atoms with E-state index in [4.69, 9.17) is 4.42 Å². The van der Waals surface area contributed by atoms with Crippen LogP contribution in [0, 0.1) is 0 Å². The molecule has 9 nitrogen and oxygen atoms in total. The first-order valence-electron chi connectivity index (χ1n) is 8.94. The molecule has 0 saturated carbocycles. The van der Waals surface area contributed by atoms with Crippen LogP contribution in [0.3, 0.4) is 0 Å². The number of nitrogens with one attached hydrogen (secondary N) is 1. The number of tetrazole rings is 1. The van der Waals surface area contributed by atoms with Gasteiger partial charge in [0.25, 0.3) is 0 Å². The predicted octanol–water partition coefficient (Wildman–Crippen LogP) is 2.03. The highest BCUT2D eigenvalue weighted by Gasteiger charge is 2.28. The Bertz CT molecular complexity index is 892. The summed E-state index contributed by atoms with van der Waals surface area (Å²) in [7, 11) is 1.79. The summed E-state index contributed by atoms with van der Waals surface area (Å²) in [6.45, 7) is 1.93. The number of para-hydroxylation sites is 2. The van der Waals surface area contributed by atoms with Gasteiger partial charge in [-0.25, -0.2) is 14.5 Å². The molecule has 0 radical (unpaired) electrons. The second kappa shape index (κ2) is 7.95. The zero-order valence-electron chi connectivity index (χ0n) is 15.0. The Morgan fingerprint density at radius 2 is 2.30 bits per heavy atom. The van der Waals surface area contributed by atoms with Gasteiger partial charge in [-0.2, -0.15) is 0 Å². The minimum atomic E-state index is -0.0486. The number of piperidine rings is 1. The number of benzene rings is 1. The third-order valence-corrected chi connectivity index (χ3v) is 5.57. The van der Waals surface area contributed by atoms with Crippen molar-refractivity contribution in [2.24, 2.45) is 7.05 Å². The molecule has 2 aromatic heterocycles. The number of oxazole rings is 1. The van der Waals surface area contributed by atoms with Crippen molar-refractivity contribution in [1.29, 1.82) is 0 Å². The lowest BCUT2D eigenvalue weighted by Crippen LogP contribution is -2.45. The van der Waals surface area contributed by atoms with Crippen LogP contribution in [0.1, 0.15) is 24.7 Å². The number of carbonyl (C=O) groups excluding carboxylic acids is 1. The van der Waals surface area contributed by atoms with Gasteiger partial charge in [0.05, 0.1) is 5.92 Å². The molecular formula is C17H21N7O2S. The van der Waals surface area contributed by atoms with Gasteiger partial charge < -0.3 is 14.6 Å². The summed E-state index contributed by atoms with van der Waals surface area (Å²) in [6.07, 6.45) is 1.92. The van der Waals surface area contributed by atoms with Gasteiger partial charge in [0.15, 0.2) is 11.5 Å². The normalized spacial score (nSPS) is 17.4. The molecule has 1 aromatic carbocycles. The number of nitrogens with zero attached hydrogens (tertiary/aromatic N) is 6. The van der Waals surface area contributed by atoms with Crippen molar-refractivity contribution in [3.05, 3.63) is 30.2 Å². The van der Waals surface area contributed by atoms with Crippen LogP contribution in [0.25, 0.3) is 11.1 Å². The molecule has 1 aliphatic heterocycles. The fourth-order valence-corrected chi connectivity index (χ4v) is 3.89. The monoisotopic (exact) mass is 387 g/mol. The minimum absolute atomic E-state index is 0.0486. The Kier molecular flexibility index (Phi) is 5.23. The Balaban J connectivity index is 1.29. The molecule has 1 fully saturated rings. The summed E-state index contributed by atoms with van der Waals surface area (Å²) in [5.74, 6) is 1.57. The fourth-order valence-electron chi connectivity index (χ4n) is 3.18. The maximum absolute atomic E-state index is 12.5. The molecule has 3 heterocycles. The lowest BCUT2D eigenvalue weighted by molar-refractivity contribution is 0.175. The molecule has 10 heteroatoms. The van der Waals surface area contributed by atoms with Gasteiger partial charge in [-0.05, 0) is 35.4 Å². The number of amides is 2. The Morgan fingerprint density at radius 3 is 3.11 bits per heavy atom. The van der Waals surface area contributed by atoms with E-state index in [0.29, 0.717) is 18.8 Å². The van der Waals surface area contributed by atoms with E-state index in [1.807, 2.05) is 29.2 Å². The smallest absolute Gasteiger partial charge is 0.317 e. The molecule has 3 aromatic rings. The minimum Gasteiger partial charge on any atom is -0.440 e. The fraction of sp³-hybridized carbons (Fsp3) is 0.471. The molecule has 1 atom stereocenters. The second-order valence-electron chi connectivity index (χ2n) is 6.47. The number of hydrogen-bond donors (Lipinski definition) is 1. The Morgan fingerprint density at radius 1 is 1.41 bits per heavy atom. The molecule has 2 amide bonds. The van der Waals surface area contributed by atoms with Crippen molar-refractivity contribution in [3.63, 3.8) is 0 Å². The van der Waals surface area contributed by atoms with Gasteiger partial charge in [0.2, 0.25) is 5.16 Å². The largest absolute Gasteiger partial charge is 0.440 e. The molecule has 0 bridgehead atoms. The number of hydrogen-bond acceptors (Lipinski definition) is 7. The molecule has 1 N–H and O–H groups in total. The maximum atomic E-state index is 12.5. The van der Waals surface area contributed by atoms with Gasteiger partial charge in [0.1, 0.15) is 5.52 Å². The van der Waals surface area contributed by atoms with Gasteiger partial charge >= 0.3 is 6.03 Å². The zero-order valence-corrected chi connectivity index (χ0v) is 15.9. The first-order chi connectivity index (χ1) is 13.2. The van der Waals surface area contributed by atoms with E-state index in [1.165, 1.54) is 11.8 Å². The van der Waals surface area contributed by atoms with Gasteiger partial charge in [-0.1, -0.05) is 23.9 Å². The number of carbonyl (C=O) groups is 1. The van der Waals surface area contributed by atoms with Gasteiger partial charge in [-0.15, -0.1) is 5.10 Å². The van der Waals surface area contributed by atoms with Crippen molar-refractivity contribution >= 4 is 28.9 Å². The van der Waals surface area contributed by atoms with Gasteiger partial charge in [-0.3, -0.25) is 0 Å². The van der Waals surface area contributed by atoms with Crippen LogP contribution in [0.4, 0.5) is 4.79 Å². The first kappa shape index (κ1) is 17.8. The number of rotatable bonds is 5. The molecule has 142 valence electrons. The first-order valence-corrected chi connectivity index (χ1v) is 9.92.